The average molecular weight is 317 g/mol. The highest BCUT2D eigenvalue weighted by molar-refractivity contribution is 7.21. The van der Waals surface area contributed by atoms with E-state index in [0.717, 1.165) is 51.8 Å². The van der Waals surface area contributed by atoms with E-state index in [1.165, 1.54) is 11.3 Å². The summed E-state index contributed by atoms with van der Waals surface area (Å²) in [5.41, 5.74) is 0.872. The van der Waals surface area contributed by atoms with Gasteiger partial charge in [-0.05, 0) is 25.0 Å². The van der Waals surface area contributed by atoms with Gasteiger partial charge in [-0.3, -0.25) is 4.79 Å². The van der Waals surface area contributed by atoms with E-state index in [0.29, 0.717) is 5.15 Å². The molecule has 0 N–H and O–H groups in total. The van der Waals surface area contributed by atoms with Gasteiger partial charge in [-0.25, -0.2) is 4.98 Å². The zero-order chi connectivity index (χ0) is 14.4. The lowest BCUT2D eigenvalue weighted by atomic mass is 10.2. The van der Waals surface area contributed by atoms with Crippen LogP contribution in [-0.2, 0) is 0 Å². The van der Waals surface area contributed by atoms with Crippen LogP contribution < -0.4 is 0 Å². The molecule has 0 atom stereocenters. The molecule has 21 heavy (non-hydrogen) atoms. The summed E-state index contributed by atoms with van der Waals surface area (Å²) in [5, 5.41) is 2.41. The summed E-state index contributed by atoms with van der Waals surface area (Å²) < 4.78 is 1.05. The second kappa shape index (κ2) is 4.97. The lowest BCUT2D eigenvalue weighted by Gasteiger charge is -2.13. The van der Waals surface area contributed by atoms with Crippen LogP contribution in [0.5, 0.6) is 0 Å². The molecule has 0 aliphatic carbocycles. The number of para-hydroxylation sites is 1. The molecule has 1 fully saturated rings. The SMILES string of the molecule is O=C(c1cc2c(Cl)nc3ccccc3c2s1)N1CCCC1. The monoisotopic (exact) mass is 316 g/mol. The van der Waals surface area contributed by atoms with Gasteiger partial charge < -0.3 is 4.90 Å². The van der Waals surface area contributed by atoms with Crippen molar-refractivity contribution in [3.8, 4) is 0 Å². The second-order valence-corrected chi connectivity index (χ2v) is 6.68. The molecule has 0 radical (unpaired) electrons. The maximum absolute atomic E-state index is 12.5. The third kappa shape index (κ3) is 2.10. The minimum Gasteiger partial charge on any atom is -0.338 e. The van der Waals surface area contributed by atoms with Gasteiger partial charge in [0.1, 0.15) is 5.15 Å². The van der Waals surface area contributed by atoms with Gasteiger partial charge in [0.05, 0.1) is 10.4 Å². The molecule has 0 unspecified atom stereocenters. The molecule has 0 bridgehead atoms. The van der Waals surface area contributed by atoms with Crippen molar-refractivity contribution < 1.29 is 4.79 Å². The van der Waals surface area contributed by atoms with E-state index in [9.17, 15) is 4.79 Å². The van der Waals surface area contributed by atoms with Crippen molar-refractivity contribution in [2.75, 3.05) is 13.1 Å². The van der Waals surface area contributed by atoms with Crippen molar-refractivity contribution in [3.63, 3.8) is 0 Å². The first-order valence-corrected chi connectivity index (χ1v) is 8.20. The van der Waals surface area contributed by atoms with E-state index >= 15 is 0 Å². The molecule has 0 saturated carbocycles. The molecular weight excluding hydrogens is 304 g/mol. The molecule has 1 aliphatic rings. The Labute approximate surface area is 131 Å². The number of carbonyl (C=O) groups excluding carboxylic acids is 1. The number of hydrogen-bond donors (Lipinski definition) is 0. The lowest BCUT2D eigenvalue weighted by molar-refractivity contribution is 0.0797. The number of halogens is 1. The Morgan fingerprint density at radius 2 is 1.95 bits per heavy atom. The number of carbonyl (C=O) groups is 1. The normalized spacial score (nSPS) is 15.2. The number of benzene rings is 1. The second-order valence-electron chi connectivity index (χ2n) is 5.27. The number of hydrogen-bond acceptors (Lipinski definition) is 3. The van der Waals surface area contributed by atoms with Gasteiger partial charge >= 0.3 is 0 Å². The summed E-state index contributed by atoms with van der Waals surface area (Å²) in [4.78, 5) is 19.6. The number of amides is 1. The Bertz CT molecular complexity index is 852. The summed E-state index contributed by atoms with van der Waals surface area (Å²) in [6.45, 7) is 1.72. The summed E-state index contributed by atoms with van der Waals surface area (Å²) in [7, 11) is 0. The fourth-order valence-corrected chi connectivity index (χ4v) is 4.31. The highest BCUT2D eigenvalue weighted by Gasteiger charge is 2.22. The minimum atomic E-state index is 0.119. The molecule has 1 amide bonds. The topological polar surface area (TPSA) is 33.2 Å². The molecule has 1 saturated heterocycles. The van der Waals surface area contributed by atoms with Crippen LogP contribution in [0.4, 0.5) is 0 Å². The molecule has 3 aromatic rings. The lowest BCUT2D eigenvalue weighted by Crippen LogP contribution is -2.26. The Morgan fingerprint density at radius 1 is 1.19 bits per heavy atom. The quantitative estimate of drug-likeness (QED) is 0.626. The number of nitrogens with zero attached hydrogens (tertiary/aromatic N) is 2. The van der Waals surface area contributed by atoms with Gasteiger partial charge in [0, 0.05) is 28.6 Å². The third-order valence-corrected chi connectivity index (χ3v) is 5.37. The molecule has 3 heterocycles. The zero-order valence-corrected chi connectivity index (χ0v) is 12.9. The van der Waals surface area contributed by atoms with Crippen molar-refractivity contribution in [1.29, 1.82) is 0 Å². The Kier molecular flexibility index (Phi) is 3.08. The van der Waals surface area contributed by atoms with Crippen LogP contribution in [0.2, 0.25) is 5.15 Å². The number of aromatic nitrogens is 1. The number of rotatable bonds is 1. The number of thiophene rings is 1. The van der Waals surface area contributed by atoms with Gasteiger partial charge in [-0.1, -0.05) is 29.8 Å². The molecule has 2 aromatic heterocycles. The smallest absolute Gasteiger partial charge is 0.263 e. The van der Waals surface area contributed by atoms with Crippen LogP contribution in [0.25, 0.3) is 21.0 Å². The summed E-state index contributed by atoms with van der Waals surface area (Å²) in [5.74, 6) is 0.119. The van der Waals surface area contributed by atoms with E-state index in [-0.39, 0.29) is 5.91 Å². The molecule has 3 nitrogen and oxygen atoms in total. The molecule has 1 aliphatic heterocycles. The first kappa shape index (κ1) is 13.0. The molecule has 106 valence electrons. The van der Waals surface area contributed by atoms with Crippen molar-refractivity contribution in [2.45, 2.75) is 12.8 Å². The molecule has 4 rings (SSSR count). The Balaban J connectivity index is 1.91. The number of likely N-dealkylation sites (tertiary alicyclic amines) is 1. The highest BCUT2D eigenvalue weighted by Crippen LogP contribution is 2.36. The van der Waals surface area contributed by atoms with E-state index in [1.54, 1.807) is 0 Å². The molecule has 5 heteroatoms. The largest absolute Gasteiger partial charge is 0.338 e. The van der Waals surface area contributed by atoms with Crippen molar-refractivity contribution in [2.24, 2.45) is 0 Å². The predicted molar refractivity (Wildman–Crippen MR) is 87.3 cm³/mol. The van der Waals surface area contributed by atoms with E-state index < -0.39 is 0 Å². The first-order chi connectivity index (χ1) is 10.2. The van der Waals surface area contributed by atoms with Crippen LogP contribution in [0.15, 0.2) is 30.3 Å². The van der Waals surface area contributed by atoms with Crippen LogP contribution in [0.1, 0.15) is 22.5 Å². The Hall–Kier alpha value is -1.65. The van der Waals surface area contributed by atoms with Gasteiger partial charge in [0.15, 0.2) is 0 Å². The van der Waals surface area contributed by atoms with Crippen molar-refractivity contribution in [3.05, 3.63) is 40.4 Å². The highest BCUT2D eigenvalue weighted by atomic mass is 35.5. The molecule has 1 aromatic carbocycles. The number of fused-ring (bicyclic) bond motifs is 3. The van der Waals surface area contributed by atoms with Crippen molar-refractivity contribution >= 4 is 49.8 Å². The Morgan fingerprint density at radius 3 is 2.76 bits per heavy atom. The summed E-state index contributed by atoms with van der Waals surface area (Å²) in [6, 6.07) is 9.80. The van der Waals surface area contributed by atoms with Crippen LogP contribution in [0, 0.1) is 0 Å². The molecule has 0 spiro atoms. The van der Waals surface area contributed by atoms with Gasteiger partial charge in [-0.15, -0.1) is 11.3 Å². The standard InChI is InChI=1S/C16H13ClN2OS/c17-15-11-9-13(16(20)19-7-3-4-8-19)21-14(11)10-5-1-2-6-12(10)18-15/h1-2,5-6,9H,3-4,7-8H2. The van der Waals surface area contributed by atoms with E-state index in [2.05, 4.69) is 4.98 Å². The summed E-state index contributed by atoms with van der Waals surface area (Å²) in [6.07, 6.45) is 2.20. The van der Waals surface area contributed by atoms with Crippen LogP contribution in [-0.4, -0.2) is 28.9 Å². The minimum absolute atomic E-state index is 0.119. The zero-order valence-electron chi connectivity index (χ0n) is 11.3. The summed E-state index contributed by atoms with van der Waals surface area (Å²) >= 11 is 7.80. The van der Waals surface area contributed by atoms with Gasteiger partial charge in [0.25, 0.3) is 5.91 Å². The van der Waals surface area contributed by atoms with Gasteiger partial charge in [-0.2, -0.15) is 0 Å². The average Bonchev–Trinajstić information content (AvgIpc) is 3.17. The van der Waals surface area contributed by atoms with E-state index in [4.69, 9.17) is 11.6 Å². The third-order valence-electron chi connectivity index (χ3n) is 3.93. The van der Waals surface area contributed by atoms with E-state index in [1.807, 2.05) is 35.2 Å². The predicted octanol–water partition coefficient (Wildman–Crippen LogP) is 4.34. The first-order valence-electron chi connectivity index (χ1n) is 7.01. The number of pyridine rings is 1. The maximum Gasteiger partial charge on any atom is 0.263 e. The van der Waals surface area contributed by atoms with Crippen molar-refractivity contribution in [1.82, 2.24) is 9.88 Å². The molecular formula is C16H13ClN2OS. The fraction of sp³-hybridized carbons (Fsp3) is 0.250. The van der Waals surface area contributed by atoms with Gasteiger partial charge in [0.2, 0.25) is 0 Å². The van der Waals surface area contributed by atoms with Crippen LogP contribution in [0.3, 0.4) is 0 Å². The van der Waals surface area contributed by atoms with Crippen LogP contribution >= 0.6 is 22.9 Å². The fourth-order valence-electron chi connectivity index (χ4n) is 2.85. The maximum atomic E-state index is 12.5.